The molecule has 0 spiro atoms. The SMILES string of the molecule is C=CC1=CC=C(C2=CCC(C)C=C=C2)CC(C)=C1Cc1cc(Cl)c(CC)c(C=CC(=O)NC2CCC=CCC2C=C)c1. The molecule has 0 bridgehead atoms. The molecule has 0 saturated carbocycles. The Morgan fingerprint density at radius 1 is 1.19 bits per heavy atom. The van der Waals surface area contributed by atoms with Crippen LogP contribution in [0.4, 0.5) is 0 Å². The molecule has 3 unspecified atom stereocenters. The Morgan fingerprint density at radius 2 is 2.02 bits per heavy atom. The Bertz CT molecular complexity index is 1470. The van der Waals surface area contributed by atoms with E-state index >= 15 is 0 Å². The lowest BCUT2D eigenvalue weighted by Crippen LogP contribution is -2.38. The van der Waals surface area contributed by atoms with Gasteiger partial charge in [-0.1, -0.05) is 86.2 Å². The maximum atomic E-state index is 13.0. The van der Waals surface area contributed by atoms with Gasteiger partial charge in [-0.2, -0.15) is 0 Å². The number of nitrogens with one attached hydrogen (secondary N) is 1. The zero-order valence-electron chi connectivity index (χ0n) is 25.4. The average Bonchev–Trinajstić information content (AvgIpc) is 3.40. The van der Waals surface area contributed by atoms with E-state index in [4.69, 9.17) is 11.6 Å². The van der Waals surface area contributed by atoms with Crippen LogP contribution in [-0.4, -0.2) is 11.9 Å². The van der Waals surface area contributed by atoms with Crippen LogP contribution in [0.2, 0.25) is 5.02 Å². The maximum absolute atomic E-state index is 13.0. The van der Waals surface area contributed by atoms with Gasteiger partial charge in [-0.3, -0.25) is 4.79 Å². The highest BCUT2D eigenvalue weighted by atomic mass is 35.5. The van der Waals surface area contributed by atoms with E-state index in [0.717, 1.165) is 72.2 Å². The fraction of sp³-hybridized carbons (Fsp3) is 0.333. The van der Waals surface area contributed by atoms with Crippen LogP contribution >= 0.6 is 11.6 Å². The van der Waals surface area contributed by atoms with Crippen LogP contribution in [0.25, 0.3) is 6.08 Å². The van der Waals surface area contributed by atoms with Crippen LogP contribution in [-0.2, 0) is 17.6 Å². The molecule has 42 heavy (non-hydrogen) atoms. The van der Waals surface area contributed by atoms with Gasteiger partial charge in [-0.25, -0.2) is 0 Å². The smallest absolute Gasteiger partial charge is 0.244 e. The molecule has 0 aliphatic heterocycles. The number of allylic oxidation sites excluding steroid dienone is 12. The summed E-state index contributed by atoms with van der Waals surface area (Å²) in [5.41, 5.74) is 12.8. The second-order valence-corrected chi connectivity index (χ2v) is 12.0. The zero-order valence-corrected chi connectivity index (χ0v) is 26.1. The van der Waals surface area contributed by atoms with Crippen molar-refractivity contribution in [1.29, 1.82) is 0 Å². The van der Waals surface area contributed by atoms with Gasteiger partial charge in [-0.05, 0) is 121 Å². The summed E-state index contributed by atoms with van der Waals surface area (Å²) in [5.74, 6) is 0.666. The van der Waals surface area contributed by atoms with Crippen molar-refractivity contribution in [2.75, 3.05) is 0 Å². The Kier molecular flexibility index (Phi) is 11.2. The molecule has 3 aliphatic rings. The first-order chi connectivity index (χ1) is 20.3. The van der Waals surface area contributed by atoms with Crippen molar-refractivity contribution in [3.63, 3.8) is 0 Å². The Hall–Kier alpha value is -3.58. The van der Waals surface area contributed by atoms with Crippen molar-refractivity contribution in [1.82, 2.24) is 5.32 Å². The molecule has 4 rings (SSSR count). The zero-order chi connectivity index (χ0) is 30.1. The minimum Gasteiger partial charge on any atom is -0.349 e. The molecular weight excluding hydrogens is 534 g/mol. The number of carbonyl (C=O) groups is 1. The number of rotatable bonds is 9. The molecule has 0 aromatic heterocycles. The van der Waals surface area contributed by atoms with Crippen LogP contribution in [0.5, 0.6) is 0 Å². The molecule has 0 saturated heterocycles. The molecule has 1 aromatic carbocycles. The van der Waals surface area contributed by atoms with E-state index in [1.54, 1.807) is 6.08 Å². The lowest BCUT2D eigenvalue weighted by Gasteiger charge is -2.22. The molecule has 1 aromatic rings. The molecule has 1 amide bonds. The molecule has 3 heteroatoms. The summed E-state index contributed by atoms with van der Waals surface area (Å²) in [6.45, 7) is 14.6. The average molecular weight is 578 g/mol. The van der Waals surface area contributed by atoms with Gasteiger partial charge >= 0.3 is 0 Å². The molecule has 0 radical (unpaired) electrons. The van der Waals surface area contributed by atoms with Gasteiger partial charge in [0.15, 0.2) is 0 Å². The minimum atomic E-state index is -0.0822. The van der Waals surface area contributed by atoms with Crippen LogP contribution in [0, 0.1) is 11.8 Å². The van der Waals surface area contributed by atoms with E-state index in [1.807, 2.05) is 18.2 Å². The lowest BCUT2D eigenvalue weighted by molar-refractivity contribution is -0.117. The van der Waals surface area contributed by atoms with E-state index < -0.39 is 0 Å². The molecule has 218 valence electrons. The van der Waals surface area contributed by atoms with Gasteiger partial charge < -0.3 is 5.32 Å². The monoisotopic (exact) mass is 577 g/mol. The second kappa shape index (κ2) is 15.1. The lowest BCUT2D eigenvalue weighted by atomic mass is 9.90. The second-order valence-electron chi connectivity index (χ2n) is 11.6. The molecule has 0 fully saturated rings. The molecule has 3 atom stereocenters. The van der Waals surface area contributed by atoms with Gasteiger partial charge in [0.05, 0.1) is 0 Å². The third-order valence-corrected chi connectivity index (χ3v) is 8.85. The molecule has 0 heterocycles. The van der Waals surface area contributed by atoms with Crippen LogP contribution in [0.3, 0.4) is 0 Å². The van der Waals surface area contributed by atoms with E-state index in [-0.39, 0.29) is 17.9 Å². The summed E-state index contributed by atoms with van der Waals surface area (Å²) in [6.07, 6.45) is 29.1. The largest absolute Gasteiger partial charge is 0.349 e. The van der Waals surface area contributed by atoms with E-state index in [2.05, 4.69) is 99.6 Å². The molecule has 3 aliphatic carbocycles. The highest BCUT2D eigenvalue weighted by Crippen LogP contribution is 2.34. The number of benzene rings is 1. The normalized spacial score (nSPS) is 22.6. The van der Waals surface area contributed by atoms with E-state index in [9.17, 15) is 4.79 Å². The maximum Gasteiger partial charge on any atom is 0.244 e. The van der Waals surface area contributed by atoms with Gasteiger partial charge in [0.1, 0.15) is 0 Å². The van der Waals surface area contributed by atoms with Crippen molar-refractivity contribution in [3.05, 3.63) is 141 Å². The first-order valence-corrected chi connectivity index (χ1v) is 15.6. The summed E-state index contributed by atoms with van der Waals surface area (Å²) in [5, 5.41) is 3.95. The van der Waals surface area contributed by atoms with Crippen molar-refractivity contribution >= 4 is 23.6 Å². The Balaban J connectivity index is 1.57. The predicted octanol–water partition coefficient (Wildman–Crippen LogP) is 9.92. The minimum absolute atomic E-state index is 0.0822. The van der Waals surface area contributed by atoms with Crippen molar-refractivity contribution in [3.8, 4) is 0 Å². The highest BCUT2D eigenvalue weighted by Gasteiger charge is 2.21. The van der Waals surface area contributed by atoms with Gasteiger partial charge in [-0.15, -0.1) is 12.3 Å². The number of amides is 1. The van der Waals surface area contributed by atoms with Gasteiger partial charge in [0, 0.05) is 23.1 Å². The number of halogens is 1. The third-order valence-electron chi connectivity index (χ3n) is 8.51. The van der Waals surface area contributed by atoms with Crippen molar-refractivity contribution < 1.29 is 4.79 Å². The van der Waals surface area contributed by atoms with Crippen molar-refractivity contribution in [2.45, 2.75) is 71.8 Å². The predicted molar refractivity (Wildman–Crippen MR) is 180 cm³/mol. The quantitative estimate of drug-likeness (QED) is 0.176. The first-order valence-electron chi connectivity index (χ1n) is 15.3. The van der Waals surface area contributed by atoms with Crippen LogP contribution in [0.1, 0.15) is 69.6 Å². The summed E-state index contributed by atoms with van der Waals surface area (Å²) < 4.78 is 0. The molecule has 1 N–H and O–H groups in total. The summed E-state index contributed by atoms with van der Waals surface area (Å²) in [6, 6.07) is 4.35. The Morgan fingerprint density at radius 3 is 2.79 bits per heavy atom. The highest BCUT2D eigenvalue weighted by molar-refractivity contribution is 6.31. The fourth-order valence-corrected chi connectivity index (χ4v) is 6.39. The molecule has 2 nitrogen and oxygen atoms in total. The summed E-state index contributed by atoms with van der Waals surface area (Å²) >= 11 is 6.84. The molecular formula is C39H44ClNO. The van der Waals surface area contributed by atoms with E-state index in [0.29, 0.717) is 5.92 Å². The first kappa shape index (κ1) is 31.4. The Labute approximate surface area is 258 Å². The van der Waals surface area contributed by atoms with Crippen LogP contribution in [0.15, 0.2) is 120 Å². The topological polar surface area (TPSA) is 29.1 Å². The third kappa shape index (κ3) is 8.03. The summed E-state index contributed by atoms with van der Waals surface area (Å²) in [4.78, 5) is 13.0. The number of carbonyl (C=O) groups excluding carboxylic acids is 1. The number of hydrogen-bond donors (Lipinski definition) is 1. The van der Waals surface area contributed by atoms with Crippen LogP contribution < -0.4 is 5.32 Å². The van der Waals surface area contributed by atoms with Gasteiger partial charge in [0.25, 0.3) is 0 Å². The van der Waals surface area contributed by atoms with E-state index in [1.165, 1.54) is 22.3 Å². The number of hydrogen-bond acceptors (Lipinski definition) is 1. The summed E-state index contributed by atoms with van der Waals surface area (Å²) in [7, 11) is 0. The van der Waals surface area contributed by atoms with Crippen molar-refractivity contribution in [2.24, 2.45) is 11.8 Å². The van der Waals surface area contributed by atoms with Gasteiger partial charge in [0.2, 0.25) is 5.91 Å². The standard InChI is InChI=1S/C39H44ClNO/c1-6-30-19-20-33(32-15-12-13-27(4)17-18-32)23-28(5)36(30)25-29-24-34(35(8-3)37(40)26-29)21-22-39(42)41-38-16-11-9-10-14-31(38)7-2/h6-7,9-10,13,15,18-22,24,26-27,31,38H,1-2,8,11,14,16-17,23,25H2,3-5H3,(H,41,42). The fourth-order valence-electron chi connectivity index (χ4n) is 6.00.